The summed E-state index contributed by atoms with van der Waals surface area (Å²) in [5, 5.41) is 3.35. The van der Waals surface area contributed by atoms with E-state index in [1.54, 1.807) is 0 Å². The molecule has 3 rings (SSSR count). The van der Waals surface area contributed by atoms with Crippen molar-refractivity contribution in [3.8, 4) is 0 Å². The SMILES string of the molecule is Nc1ccc2c(c1)CCC(=O)N2CC1CCNC1. The second kappa shape index (κ2) is 4.61. The van der Waals surface area contributed by atoms with Crippen LogP contribution in [-0.4, -0.2) is 25.5 Å². The van der Waals surface area contributed by atoms with Gasteiger partial charge in [0, 0.05) is 24.3 Å². The smallest absolute Gasteiger partial charge is 0.227 e. The molecule has 2 aliphatic heterocycles. The molecular formula is C14H19N3O. The number of hydrogen-bond donors (Lipinski definition) is 2. The Morgan fingerprint density at radius 3 is 3.06 bits per heavy atom. The van der Waals surface area contributed by atoms with E-state index in [1.807, 2.05) is 23.1 Å². The lowest BCUT2D eigenvalue weighted by molar-refractivity contribution is -0.119. The second-order valence-corrected chi connectivity index (χ2v) is 5.25. The second-order valence-electron chi connectivity index (χ2n) is 5.25. The summed E-state index contributed by atoms with van der Waals surface area (Å²) in [6.07, 6.45) is 2.59. The van der Waals surface area contributed by atoms with Crippen LogP contribution in [0.5, 0.6) is 0 Å². The zero-order valence-corrected chi connectivity index (χ0v) is 10.5. The van der Waals surface area contributed by atoms with E-state index in [0.717, 1.165) is 43.9 Å². The van der Waals surface area contributed by atoms with Crippen LogP contribution in [0.15, 0.2) is 18.2 Å². The van der Waals surface area contributed by atoms with Gasteiger partial charge in [-0.05, 0) is 55.6 Å². The molecule has 2 heterocycles. The van der Waals surface area contributed by atoms with E-state index in [1.165, 1.54) is 5.56 Å². The average molecular weight is 245 g/mol. The molecule has 1 aromatic rings. The molecule has 1 amide bonds. The number of aryl methyl sites for hydroxylation is 1. The fourth-order valence-corrected chi connectivity index (χ4v) is 2.91. The van der Waals surface area contributed by atoms with Crippen molar-refractivity contribution in [3.05, 3.63) is 23.8 Å². The minimum absolute atomic E-state index is 0.249. The third-order valence-corrected chi connectivity index (χ3v) is 3.91. The van der Waals surface area contributed by atoms with E-state index in [0.29, 0.717) is 12.3 Å². The standard InChI is InChI=1S/C14H19N3O/c15-12-2-3-13-11(7-12)1-4-14(18)17(13)9-10-5-6-16-8-10/h2-3,7,10,16H,1,4-6,8-9,15H2. The Kier molecular flexibility index (Phi) is 2.96. The van der Waals surface area contributed by atoms with Crippen molar-refractivity contribution in [2.75, 3.05) is 30.3 Å². The van der Waals surface area contributed by atoms with Gasteiger partial charge in [0.25, 0.3) is 0 Å². The monoisotopic (exact) mass is 245 g/mol. The molecule has 1 aromatic carbocycles. The van der Waals surface area contributed by atoms with Gasteiger partial charge in [-0.25, -0.2) is 0 Å². The largest absolute Gasteiger partial charge is 0.399 e. The van der Waals surface area contributed by atoms with E-state index in [4.69, 9.17) is 5.73 Å². The van der Waals surface area contributed by atoms with Crippen molar-refractivity contribution in [1.29, 1.82) is 0 Å². The van der Waals surface area contributed by atoms with Gasteiger partial charge in [0.2, 0.25) is 5.91 Å². The molecule has 0 aromatic heterocycles. The van der Waals surface area contributed by atoms with Gasteiger partial charge in [0.1, 0.15) is 0 Å². The number of anilines is 2. The number of nitrogens with zero attached hydrogens (tertiary/aromatic N) is 1. The van der Waals surface area contributed by atoms with Crippen molar-refractivity contribution >= 4 is 17.3 Å². The van der Waals surface area contributed by atoms with Crippen molar-refractivity contribution in [3.63, 3.8) is 0 Å². The summed E-state index contributed by atoms with van der Waals surface area (Å²) in [4.78, 5) is 14.1. The zero-order valence-electron chi connectivity index (χ0n) is 10.5. The summed E-state index contributed by atoms with van der Waals surface area (Å²) in [7, 11) is 0. The minimum Gasteiger partial charge on any atom is -0.399 e. The number of carbonyl (C=O) groups is 1. The third kappa shape index (κ3) is 2.08. The van der Waals surface area contributed by atoms with E-state index in [9.17, 15) is 4.79 Å². The molecule has 18 heavy (non-hydrogen) atoms. The number of rotatable bonds is 2. The highest BCUT2D eigenvalue weighted by atomic mass is 16.2. The highest BCUT2D eigenvalue weighted by Gasteiger charge is 2.27. The molecule has 0 radical (unpaired) electrons. The predicted octanol–water partition coefficient (Wildman–Crippen LogP) is 1.16. The van der Waals surface area contributed by atoms with Gasteiger partial charge in [0.05, 0.1) is 0 Å². The number of benzene rings is 1. The van der Waals surface area contributed by atoms with Crippen molar-refractivity contribution < 1.29 is 4.79 Å². The highest BCUT2D eigenvalue weighted by Crippen LogP contribution is 2.30. The fraction of sp³-hybridized carbons (Fsp3) is 0.500. The van der Waals surface area contributed by atoms with Crippen LogP contribution in [-0.2, 0) is 11.2 Å². The molecule has 3 N–H and O–H groups in total. The van der Waals surface area contributed by atoms with Gasteiger partial charge in [-0.3, -0.25) is 4.79 Å². The highest BCUT2D eigenvalue weighted by molar-refractivity contribution is 5.96. The molecular weight excluding hydrogens is 226 g/mol. The third-order valence-electron chi connectivity index (χ3n) is 3.91. The van der Waals surface area contributed by atoms with E-state index in [-0.39, 0.29) is 5.91 Å². The molecule has 4 nitrogen and oxygen atoms in total. The Bertz CT molecular complexity index is 466. The number of amides is 1. The molecule has 1 atom stereocenters. The predicted molar refractivity (Wildman–Crippen MR) is 72.5 cm³/mol. The molecule has 0 saturated carbocycles. The molecule has 0 spiro atoms. The molecule has 1 saturated heterocycles. The van der Waals surface area contributed by atoms with Crippen LogP contribution in [0.3, 0.4) is 0 Å². The Labute approximate surface area is 107 Å². The first-order valence-electron chi connectivity index (χ1n) is 6.63. The van der Waals surface area contributed by atoms with Gasteiger partial charge < -0.3 is 16.0 Å². The lowest BCUT2D eigenvalue weighted by atomic mass is 9.98. The first-order chi connectivity index (χ1) is 8.74. The Morgan fingerprint density at radius 1 is 1.39 bits per heavy atom. The summed E-state index contributed by atoms with van der Waals surface area (Å²) in [6, 6.07) is 5.88. The molecule has 2 aliphatic rings. The summed E-state index contributed by atoms with van der Waals surface area (Å²) < 4.78 is 0. The van der Waals surface area contributed by atoms with Crippen LogP contribution in [0.2, 0.25) is 0 Å². The summed E-state index contributed by atoms with van der Waals surface area (Å²) >= 11 is 0. The van der Waals surface area contributed by atoms with Gasteiger partial charge in [-0.15, -0.1) is 0 Å². The van der Waals surface area contributed by atoms with Gasteiger partial charge >= 0.3 is 0 Å². The van der Waals surface area contributed by atoms with Crippen LogP contribution in [0.4, 0.5) is 11.4 Å². The quantitative estimate of drug-likeness (QED) is 0.769. The zero-order chi connectivity index (χ0) is 12.5. The van der Waals surface area contributed by atoms with Crippen LogP contribution < -0.4 is 16.0 Å². The van der Waals surface area contributed by atoms with Gasteiger partial charge in [-0.2, -0.15) is 0 Å². The minimum atomic E-state index is 0.249. The van der Waals surface area contributed by atoms with E-state index >= 15 is 0 Å². The Hall–Kier alpha value is -1.55. The lowest BCUT2D eigenvalue weighted by Crippen LogP contribution is -2.39. The Morgan fingerprint density at radius 2 is 2.28 bits per heavy atom. The molecule has 0 bridgehead atoms. The lowest BCUT2D eigenvalue weighted by Gasteiger charge is -2.31. The van der Waals surface area contributed by atoms with Crippen LogP contribution in [0, 0.1) is 5.92 Å². The van der Waals surface area contributed by atoms with Crippen molar-refractivity contribution in [2.24, 2.45) is 5.92 Å². The average Bonchev–Trinajstić information content (AvgIpc) is 2.86. The summed E-state index contributed by atoms with van der Waals surface area (Å²) in [6.45, 7) is 2.93. The van der Waals surface area contributed by atoms with Crippen LogP contribution in [0.1, 0.15) is 18.4 Å². The molecule has 96 valence electrons. The normalized spacial score (nSPS) is 23.2. The molecule has 1 unspecified atom stereocenters. The van der Waals surface area contributed by atoms with Crippen molar-refractivity contribution in [1.82, 2.24) is 5.32 Å². The number of hydrogen-bond acceptors (Lipinski definition) is 3. The number of nitrogen functional groups attached to an aromatic ring is 1. The maximum absolute atomic E-state index is 12.1. The van der Waals surface area contributed by atoms with Crippen LogP contribution in [0.25, 0.3) is 0 Å². The first-order valence-corrected chi connectivity index (χ1v) is 6.63. The maximum atomic E-state index is 12.1. The maximum Gasteiger partial charge on any atom is 0.227 e. The number of fused-ring (bicyclic) bond motifs is 1. The molecule has 1 fully saturated rings. The molecule has 0 aliphatic carbocycles. The van der Waals surface area contributed by atoms with Crippen molar-refractivity contribution in [2.45, 2.75) is 19.3 Å². The number of carbonyl (C=O) groups excluding carboxylic acids is 1. The number of nitrogens with two attached hydrogens (primary N) is 1. The van der Waals surface area contributed by atoms with E-state index < -0.39 is 0 Å². The van der Waals surface area contributed by atoms with E-state index in [2.05, 4.69) is 5.32 Å². The number of nitrogens with one attached hydrogen (secondary N) is 1. The van der Waals surface area contributed by atoms with Gasteiger partial charge in [0.15, 0.2) is 0 Å². The van der Waals surface area contributed by atoms with Gasteiger partial charge in [-0.1, -0.05) is 0 Å². The summed E-state index contributed by atoms with van der Waals surface area (Å²) in [5.41, 5.74) is 8.87. The summed E-state index contributed by atoms with van der Waals surface area (Å²) in [5.74, 6) is 0.830. The Balaban J connectivity index is 1.86. The van der Waals surface area contributed by atoms with Crippen LogP contribution >= 0.6 is 0 Å². The topological polar surface area (TPSA) is 58.4 Å². The first kappa shape index (κ1) is 11.5. The molecule has 4 heteroatoms. The fourth-order valence-electron chi connectivity index (χ4n) is 2.91.